The molecule has 0 radical (unpaired) electrons. The molecule has 0 heterocycles. The molecule has 2 rings (SSSR count). The zero-order chi connectivity index (χ0) is 20.9. The van der Waals surface area contributed by atoms with E-state index in [1.807, 2.05) is 41.5 Å². The average molecular weight is 391 g/mol. The first kappa shape index (κ1) is 21.3. The molecular formula is C22H30O4S. The van der Waals surface area contributed by atoms with Crippen molar-refractivity contribution in [3.63, 3.8) is 0 Å². The van der Waals surface area contributed by atoms with Crippen molar-refractivity contribution in [1.29, 1.82) is 0 Å². The lowest BCUT2D eigenvalue weighted by Crippen LogP contribution is -2.16. The second kappa shape index (κ2) is 6.55. The maximum absolute atomic E-state index is 13.5. The van der Waals surface area contributed by atoms with Gasteiger partial charge in [-0.2, -0.15) is 0 Å². The van der Waals surface area contributed by atoms with Gasteiger partial charge >= 0.3 is 0 Å². The molecule has 0 fully saturated rings. The summed E-state index contributed by atoms with van der Waals surface area (Å²) < 4.78 is 27.0. The minimum Gasteiger partial charge on any atom is -0.508 e. The van der Waals surface area contributed by atoms with Crippen molar-refractivity contribution in [2.24, 2.45) is 0 Å². The number of aromatic hydroxyl groups is 2. The summed E-state index contributed by atoms with van der Waals surface area (Å²) in [5, 5.41) is 20.6. The van der Waals surface area contributed by atoms with Crippen molar-refractivity contribution in [3.8, 4) is 11.5 Å². The predicted molar refractivity (Wildman–Crippen MR) is 109 cm³/mol. The van der Waals surface area contributed by atoms with Crippen LogP contribution >= 0.6 is 0 Å². The van der Waals surface area contributed by atoms with Gasteiger partial charge in [0.05, 0.1) is 9.79 Å². The molecule has 2 aromatic carbocycles. The molecule has 0 atom stereocenters. The van der Waals surface area contributed by atoms with Gasteiger partial charge in [-0.15, -0.1) is 0 Å². The van der Waals surface area contributed by atoms with Gasteiger partial charge in [-0.1, -0.05) is 41.5 Å². The Labute approximate surface area is 162 Å². The summed E-state index contributed by atoms with van der Waals surface area (Å²) in [4.78, 5) is 0.359. The highest BCUT2D eigenvalue weighted by molar-refractivity contribution is 7.91. The summed E-state index contributed by atoms with van der Waals surface area (Å²) in [6, 6.07) is 6.16. The third-order valence-electron chi connectivity index (χ3n) is 4.78. The molecule has 0 aromatic heterocycles. The Morgan fingerprint density at radius 2 is 0.963 bits per heavy atom. The van der Waals surface area contributed by atoms with Gasteiger partial charge in [0.25, 0.3) is 0 Å². The van der Waals surface area contributed by atoms with E-state index in [4.69, 9.17) is 0 Å². The van der Waals surface area contributed by atoms with Gasteiger partial charge in [-0.3, -0.25) is 0 Å². The van der Waals surface area contributed by atoms with E-state index in [1.54, 1.807) is 26.0 Å². The molecule has 0 aliphatic carbocycles. The van der Waals surface area contributed by atoms with Gasteiger partial charge in [0, 0.05) is 11.1 Å². The Hall–Kier alpha value is -2.01. The molecule has 0 saturated carbocycles. The highest BCUT2D eigenvalue weighted by Crippen LogP contribution is 2.39. The number of phenols is 2. The molecule has 148 valence electrons. The SMILES string of the molecule is Cc1cc(O)c(C(C)(C)C)cc1S(=O)(=O)c1cc(C(C)(C)C)c(O)cc1C. The van der Waals surface area contributed by atoms with Crippen LogP contribution in [0, 0.1) is 13.8 Å². The maximum atomic E-state index is 13.5. The molecular weight excluding hydrogens is 360 g/mol. The molecule has 4 nitrogen and oxygen atoms in total. The highest BCUT2D eigenvalue weighted by Gasteiger charge is 2.29. The lowest BCUT2D eigenvalue weighted by molar-refractivity contribution is 0.444. The fourth-order valence-electron chi connectivity index (χ4n) is 3.24. The molecule has 0 unspecified atom stereocenters. The summed E-state index contributed by atoms with van der Waals surface area (Å²) in [7, 11) is -3.82. The smallest absolute Gasteiger partial charge is 0.207 e. The van der Waals surface area contributed by atoms with E-state index < -0.39 is 20.7 Å². The van der Waals surface area contributed by atoms with E-state index in [0.29, 0.717) is 22.3 Å². The topological polar surface area (TPSA) is 74.6 Å². The van der Waals surface area contributed by atoms with Gasteiger partial charge in [0.15, 0.2) is 0 Å². The second-order valence-corrected chi connectivity index (χ2v) is 11.2. The van der Waals surface area contributed by atoms with Crippen LogP contribution in [0.5, 0.6) is 11.5 Å². The molecule has 27 heavy (non-hydrogen) atoms. The van der Waals surface area contributed by atoms with Crippen LogP contribution in [-0.4, -0.2) is 18.6 Å². The number of rotatable bonds is 2. The summed E-state index contributed by atoms with van der Waals surface area (Å²) in [6.07, 6.45) is 0. The third-order valence-corrected chi connectivity index (χ3v) is 6.82. The van der Waals surface area contributed by atoms with Crippen molar-refractivity contribution in [3.05, 3.63) is 46.5 Å². The Morgan fingerprint density at radius 3 is 1.22 bits per heavy atom. The molecule has 0 spiro atoms. The largest absolute Gasteiger partial charge is 0.508 e. The van der Waals surface area contributed by atoms with Gasteiger partial charge in [0.1, 0.15) is 11.5 Å². The fourth-order valence-corrected chi connectivity index (χ4v) is 4.99. The second-order valence-electron chi connectivity index (χ2n) is 9.27. The number of phenolic OH excluding ortho intramolecular Hbond substituents is 2. The number of benzene rings is 2. The molecule has 0 amide bonds. The van der Waals surface area contributed by atoms with E-state index in [9.17, 15) is 18.6 Å². The summed E-state index contributed by atoms with van der Waals surface area (Å²) in [5.74, 6) is 0.188. The van der Waals surface area contributed by atoms with Crippen molar-refractivity contribution in [2.75, 3.05) is 0 Å². The quantitative estimate of drug-likeness (QED) is 0.744. The van der Waals surface area contributed by atoms with Crippen molar-refractivity contribution in [1.82, 2.24) is 0 Å². The van der Waals surface area contributed by atoms with E-state index in [0.717, 1.165) is 0 Å². The van der Waals surface area contributed by atoms with Gasteiger partial charge in [-0.25, -0.2) is 8.42 Å². The molecule has 2 N–H and O–H groups in total. The Morgan fingerprint density at radius 1 is 0.667 bits per heavy atom. The molecule has 5 heteroatoms. The number of hydrogen-bond acceptors (Lipinski definition) is 4. The molecule has 0 aliphatic rings. The number of hydrogen-bond donors (Lipinski definition) is 2. The minimum absolute atomic E-state index is 0.0942. The number of sulfone groups is 1. The zero-order valence-corrected chi connectivity index (χ0v) is 18.2. The average Bonchev–Trinajstić information content (AvgIpc) is 2.43. The molecule has 0 bridgehead atoms. The zero-order valence-electron chi connectivity index (χ0n) is 17.4. The van der Waals surface area contributed by atoms with E-state index in [1.165, 1.54) is 12.1 Å². The molecule has 0 aliphatic heterocycles. The van der Waals surface area contributed by atoms with Crippen LogP contribution in [0.3, 0.4) is 0 Å². The van der Waals surface area contributed by atoms with Crippen LogP contribution < -0.4 is 0 Å². The van der Waals surface area contributed by atoms with Crippen LogP contribution in [0.4, 0.5) is 0 Å². The van der Waals surface area contributed by atoms with Gasteiger partial charge in [0.2, 0.25) is 9.84 Å². The first-order chi connectivity index (χ1) is 12.1. The van der Waals surface area contributed by atoms with Crippen LogP contribution in [0.25, 0.3) is 0 Å². The summed E-state index contributed by atoms with van der Waals surface area (Å²) in [6.45, 7) is 14.9. The number of aryl methyl sites for hydroxylation is 2. The van der Waals surface area contributed by atoms with E-state index >= 15 is 0 Å². The van der Waals surface area contributed by atoms with Crippen molar-refractivity contribution in [2.45, 2.75) is 76.0 Å². The van der Waals surface area contributed by atoms with Crippen molar-refractivity contribution >= 4 is 9.84 Å². The minimum atomic E-state index is -3.82. The Kier molecular flexibility index (Phi) is 5.17. The monoisotopic (exact) mass is 390 g/mol. The Balaban J connectivity index is 2.82. The van der Waals surface area contributed by atoms with Gasteiger partial charge < -0.3 is 10.2 Å². The van der Waals surface area contributed by atoms with E-state index in [2.05, 4.69) is 0 Å². The summed E-state index contributed by atoms with van der Waals surface area (Å²) in [5.41, 5.74) is 1.35. The highest BCUT2D eigenvalue weighted by atomic mass is 32.2. The van der Waals surface area contributed by atoms with Crippen LogP contribution in [0.1, 0.15) is 63.8 Å². The van der Waals surface area contributed by atoms with Crippen LogP contribution in [-0.2, 0) is 20.7 Å². The fraction of sp³-hybridized carbons (Fsp3) is 0.455. The normalized spacial score (nSPS) is 13.0. The van der Waals surface area contributed by atoms with Crippen molar-refractivity contribution < 1.29 is 18.6 Å². The maximum Gasteiger partial charge on any atom is 0.207 e. The predicted octanol–water partition coefficient (Wildman–Crippen LogP) is 5.14. The third kappa shape index (κ3) is 3.98. The lowest BCUT2D eigenvalue weighted by atomic mass is 9.86. The van der Waals surface area contributed by atoms with Gasteiger partial charge in [-0.05, 0) is 60.1 Å². The molecule has 0 saturated heterocycles. The van der Waals surface area contributed by atoms with Crippen LogP contribution in [0.15, 0.2) is 34.1 Å². The Bertz CT molecular complexity index is 913. The first-order valence-electron chi connectivity index (χ1n) is 9.00. The first-order valence-corrected chi connectivity index (χ1v) is 10.5. The van der Waals surface area contributed by atoms with E-state index in [-0.39, 0.29) is 21.3 Å². The summed E-state index contributed by atoms with van der Waals surface area (Å²) >= 11 is 0. The molecule has 2 aromatic rings. The van der Waals surface area contributed by atoms with Crippen LogP contribution in [0.2, 0.25) is 0 Å². The standard InChI is InChI=1S/C22H30O4S/c1-13-9-17(23)15(21(3,4)5)11-19(13)27(25,26)20-12-16(22(6,7)8)18(24)10-14(20)2/h9-12,23-24H,1-8H3. The lowest BCUT2D eigenvalue weighted by Gasteiger charge is -2.24.